The van der Waals surface area contributed by atoms with Crippen molar-refractivity contribution in [3.05, 3.63) is 23.8 Å². The number of benzene rings is 1. The van der Waals surface area contributed by atoms with E-state index in [9.17, 15) is 4.79 Å². The maximum Gasteiger partial charge on any atom is 0.407 e. The molecular weight excluding hydrogens is 246 g/mol. The van der Waals surface area contributed by atoms with Gasteiger partial charge in [0, 0.05) is 6.54 Å². The number of nitrogens with zero attached hydrogens (tertiary/aromatic N) is 2. The van der Waals surface area contributed by atoms with E-state index in [-0.39, 0.29) is 12.6 Å². The lowest BCUT2D eigenvalue weighted by atomic mass is 10.2. The zero-order chi connectivity index (χ0) is 13.8. The molecule has 0 aliphatic carbocycles. The number of rotatable bonds is 3. The van der Waals surface area contributed by atoms with Gasteiger partial charge in [-0.05, 0) is 25.0 Å². The summed E-state index contributed by atoms with van der Waals surface area (Å²) in [5.74, 6) is 0.403. The Morgan fingerprint density at radius 3 is 3.11 bits per heavy atom. The highest BCUT2D eigenvalue weighted by Crippen LogP contribution is 2.25. The van der Waals surface area contributed by atoms with Gasteiger partial charge in [0.25, 0.3) is 0 Å². The lowest BCUT2D eigenvalue weighted by molar-refractivity contribution is 0.123. The molecule has 1 aromatic carbocycles. The number of amides is 1. The van der Waals surface area contributed by atoms with E-state index in [1.165, 1.54) is 4.90 Å². The van der Waals surface area contributed by atoms with E-state index in [0.29, 0.717) is 23.5 Å². The number of likely N-dealkylation sites (tertiary alicyclic amines) is 1. The quantitative estimate of drug-likeness (QED) is 0.806. The molecule has 1 saturated heterocycles. The zero-order valence-electron chi connectivity index (χ0n) is 10.4. The summed E-state index contributed by atoms with van der Waals surface area (Å²) in [6, 6.07) is 6.83. The van der Waals surface area contributed by atoms with Gasteiger partial charge >= 0.3 is 6.09 Å². The van der Waals surface area contributed by atoms with Gasteiger partial charge in [0.15, 0.2) is 0 Å². The lowest BCUT2D eigenvalue weighted by Gasteiger charge is -2.22. The Morgan fingerprint density at radius 2 is 2.42 bits per heavy atom. The van der Waals surface area contributed by atoms with Crippen LogP contribution in [-0.2, 0) is 0 Å². The zero-order valence-corrected chi connectivity index (χ0v) is 10.4. The molecule has 1 aliphatic rings. The fraction of sp³-hybridized carbons (Fsp3) is 0.385. The Labute approximate surface area is 111 Å². The molecule has 1 amide bonds. The normalized spacial score (nSPS) is 18.1. The van der Waals surface area contributed by atoms with Gasteiger partial charge in [0.2, 0.25) is 0 Å². The number of anilines is 1. The van der Waals surface area contributed by atoms with Crippen molar-refractivity contribution in [3.8, 4) is 11.8 Å². The fourth-order valence-electron chi connectivity index (χ4n) is 2.23. The van der Waals surface area contributed by atoms with E-state index in [1.54, 1.807) is 18.2 Å². The summed E-state index contributed by atoms with van der Waals surface area (Å²) in [6.07, 6.45) is 0.679. The van der Waals surface area contributed by atoms with Crippen LogP contribution in [0.15, 0.2) is 18.2 Å². The first-order chi connectivity index (χ1) is 9.13. The van der Waals surface area contributed by atoms with Crippen molar-refractivity contribution in [2.24, 2.45) is 0 Å². The Balaban J connectivity index is 2.05. The van der Waals surface area contributed by atoms with E-state index in [1.807, 2.05) is 6.07 Å². The maximum atomic E-state index is 11.0. The third-order valence-corrected chi connectivity index (χ3v) is 3.22. The second-order valence-corrected chi connectivity index (χ2v) is 4.42. The molecule has 1 aromatic rings. The Hall–Kier alpha value is -2.42. The number of ether oxygens (including phenoxy) is 1. The number of hydrogen-bond acceptors (Lipinski definition) is 4. The maximum absolute atomic E-state index is 11.0. The van der Waals surface area contributed by atoms with E-state index in [4.69, 9.17) is 20.8 Å². The molecule has 19 heavy (non-hydrogen) atoms. The molecule has 1 aliphatic heterocycles. The van der Waals surface area contributed by atoms with Gasteiger partial charge in [-0.2, -0.15) is 5.26 Å². The van der Waals surface area contributed by atoms with Crippen LogP contribution in [0.25, 0.3) is 0 Å². The third kappa shape index (κ3) is 2.71. The lowest BCUT2D eigenvalue weighted by Crippen LogP contribution is -2.38. The van der Waals surface area contributed by atoms with Crippen LogP contribution < -0.4 is 10.5 Å². The van der Waals surface area contributed by atoms with Gasteiger partial charge in [-0.1, -0.05) is 6.07 Å². The van der Waals surface area contributed by atoms with Gasteiger partial charge in [0.1, 0.15) is 24.0 Å². The Bertz CT molecular complexity index is 524. The highest BCUT2D eigenvalue weighted by atomic mass is 16.5. The number of nitrogens with two attached hydrogens (primary N) is 1. The Morgan fingerprint density at radius 1 is 1.63 bits per heavy atom. The van der Waals surface area contributed by atoms with Crippen LogP contribution in [0.5, 0.6) is 5.75 Å². The highest BCUT2D eigenvalue weighted by Gasteiger charge is 2.29. The van der Waals surface area contributed by atoms with Crippen LogP contribution in [0.4, 0.5) is 10.5 Å². The monoisotopic (exact) mass is 261 g/mol. The smallest absolute Gasteiger partial charge is 0.407 e. The largest absolute Gasteiger partial charge is 0.490 e. The molecule has 6 heteroatoms. The number of carboxylic acid groups (broad SMARTS) is 1. The molecule has 0 radical (unpaired) electrons. The van der Waals surface area contributed by atoms with Crippen molar-refractivity contribution >= 4 is 11.8 Å². The molecule has 6 nitrogen and oxygen atoms in total. The summed E-state index contributed by atoms with van der Waals surface area (Å²) in [5, 5.41) is 18.0. The minimum Gasteiger partial charge on any atom is -0.490 e. The van der Waals surface area contributed by atoms with Crippen LogP contribution in [-0.4, -0.2) is 35.3 Å². The predicted octanol–water partition coefficient (Wildman–Crippen LogP) is 1.66. The average Bonchev–Trinajstić information content (AvgIpc) is 2.84. The van der Waals surface area contributed by atoms with Crippen molar-refractivity contribution < 1.29 is 14.6 Å². The summed E-state index contributed by atoms with van der Waals surface area (Å²) in [7, 11) is 0. The molecular formula is C13H15N3O3. The van der Waals surface area contributed by atoms with Gasteiger partial charge in [-0.25, -0.2) is 4.79 Å². The van der Waals surface area contributed by atoms with Gasteiger partial charge < -0.3 is 20.5 Å². The molecule has 1 heterocycles. The standard InChI is InChI=1S/C13H15N3O3/c14-7-10-11(15)4-1-5-12(10)19-8-9-3-2-6-16(9)13(17)18/h1,4-5,9H,2-3,6,8,15H2,(H,17,18). The van der Waals surface area contributed by atoms with Crippen molar-refractivity contribution in [1.29, 1.82) is 5.26 Å². The van der Waals surface area contributed by atoms with Crippen molar-refractivity contribution in [1.82, 2.24) is 4.90 Å². The predicted molar refractivity (Wildman–Crippen MR) is 68.8 cm³/mol. The molecule has 1 unspecified atom stereocenters. The van der Waals surface area contributed by atoms with E-state index < -0.39 is 6.09 Å². The van der Waals surface area contributed by atoms with Crippen molar-refractivity contribution in [2.45, 2.75) is 18.9 Å². The minimum atomic E-state index is -0.931. The van der Waals surface area contributed by atoms with Gasteiger partial charge in [0.05, 0.1) is 11.7 Å². The van der Waals surface area contributed by atoms with E-state index in [2.05, 4.69) is 0 Å². The summed E-state index contributed by atoms with van der Waals surface area (Å²) < 4.78 is 5.57. The molecule has 0 saturated carbocycles. The second kappa shape index (κ2) is 5.48. The topological polar surface area (TPSA) is 99.6 Å². The molecule has 2 rings (SSSR count). The first-order valence-corrected chi connectivity index (χ1v) is 6.04. The fourth-order valence-corrected chi connectivity index (χ4v) is 2.23. The first-order valence-electron chi connectivity index (χ1n) is 6.04. The summed E-state index contributed by atoms with van der Waals surface area (Å²) in [6.45, 7) is 0.774. The van der Waals surface area contributed by atoms with Gasteiger partial charge in [-0.15, -0.1) is 0 Å². The minimum absolute atomic E-state index is 0.162. The Kier molecular flexibility index (Phi) is 3.76. The van der Waals surface area contributed by atoms with Crippen LogP contribution >= 0.6 is 0 Å². The average molecular weight is 261 g/mol. The van der Waals surface area contributed by atoms with Crippen molar-refractivity contribution in [3.63, 3.8) is 0 Å². The number of nitrogen functional groups attached to an aromatic ring is 1. The SMILES string of the molecule is N#Cc1c(N)cccc1OCC1CCCN1C(=O)O. The summed E-state index contributed by atoms with van der Waals surface area (Å²) in [4.78, 5) is 12.4. The molecule has 1 fully saturated rings. The highest BCUT2D eigenvalue weighted by molar-refractivity contribution is 5.66. The van der Waals surface area contributed by atoms with Gasteiger partial charge in [-0.3, -0.25) is 0 Å². The third-order valence-electron chi connectivity index (χ3n) is 3.22. The summed E-state index contributed by atoms with van der Waals surface area (Å²) >= 11 is 0. The van der Waals surface area contributed by atoms with E-state index in [0.717, 1.165) is 12.8 Å². The molecule has 100 valence electrons. The number of carbonyl (C=O) groups is 1. The molecule has 0 bridgehead atoms. The van der Waals surface area contributed by atoms with E-state index >= 15 is 0 Å². The van der Waals surface area contributed by atoms with Crippen molar-refractivity contribution in [2.75, 3.05) is 18.9 Å². The van der Waals surface area contributed by atoms with Crippen LogP contribution in [0.3, 0.4) is 0 Å². The van der Waals surface area contributed by atoms with Crippen LogP contribution in [0.2, 0.25) is 0 Å². The number of hydrogen-bond donors (Lipinski definition) is 2. The molecule has 0 aromatic heterocycles. The molecule has 3 N–H and O–H groups in total. The first kappa shape index (κ1) is 13.0. The molecule has 1 atom stereocenters. The second-order valence-electron chi connectivity index (χ2n) is 4.42. The molecule has 0 spiro atoms. The van der Waals surface area contributed by atoms with Crippen LogP contribution in [0, 0.1) is 11.3 Å². The number of nitriles is 1. The summed E-state index contributed by atoms with van der Waals surface area (Å²) in [5.41, 5.74) is 6.34. The van der Waals surface area contributed by atoms with Crippen LogP contribution in [0.1, 0.15) is 18.4 Å².